The highest BCUT2D eigenvalue weighted by Crippen LogP contribution is 2.32. The van der Waals surface area contributed by atoms with Gasteiger partial charge in [-0.05, 0) is 29.4 Å². The van der Waals surface area contributed by atoms with Gasteiger partial charge in [0.1, 0.15) is 0 Å². The minimum atomic E-state index is -0.590. The predicted molar refractivity (Wildman–Crippen MR) is 79.6 cm³/mol. The number of nitrogens with zero attached hydrogens (tertiary/aromatic N) is 4. The van der Waals surface area contributed by atoms with Gasteiger partial charge in [-0.15, -0.1) is 0 Å². The maximum absolute atomic E-state index is 11.0. The Bertz CT molecular complexity index is 936. The summed E-state index contributed by atoms with van der Waals surface area (Å²) in [5.74, 6) is 0. The number of nitro benzene ring substituents is 2. The van der Waals surface area contributed by atoms with Gasteiger partial charge in [-0.3, -0.25) is 20.2 Å². The number of rotatable bonds is 4. The van der Waals surface area contributed by atoms with Crippen molar-refractivity contribution in [2.24, 2.45) is 0 Å². The summed E-state index contributed by atoms with van der Waals surface area (Å²) in [5, 5.41) is 32.0. The number of fused-ring (bicyclic) bond motifs is 1. The van der Waals surface area contributed by atoms with E-state index in [4.69, 9.17) is 0 Å². The molecule has 3 aromatic rings. The van der Waals surface area contributed by atoms with Crippen molar-refractivity contribution in [3.63, 3.8) is 0 Å². The maximum atomic E-state index is 11.0. The van der Waals surface area contributed by atoms with Crippen molar-refractivity contribution in [1.29, 1.82) is 0 Å². The molecule has 0 saturated heterocycles. The minimum Gasteiger partial charge on any atom is -0.353 e. The molecule has 1 aromatic heterocycles. The number of aromatic nitrogens is 2. The van der Waals surface area contributed by atoms with E-state index in [1.807, 2.05) is 0 Å². The Balaban J connectivity index is 2.04. The van der Waals surface area contributed by atoms with Crippen LogP contribution in [0.15, 0.2) is 35.0 Å². The molecule has 0 aliphatic rings. The van der Waals surface area contributed by atoms with Crippen molar-refractivity contribution >= 4 is 33.8 Å². The third-order valence-corrected chi connectivity index (χ3v) is 3.28. The molecular formula is C13H9N5O5. The average molecular weight is 315 g/mol. The molecule has 0 radical (unpaired) electrons. The van der Waals surface area contributed by atoms with E-state index in [0.29, 0.717) is 16.9 Å². The molecular weight excluding hydrogens is 306 g/mol. The summed E-state index contributed by atoms with van der Waals surface area (Å²) in [6.45, 7) is 1.63. The fourth-order valence-electron chi connectivity index (χ4n) is 2.14. The third kappa shape index (κ3) is 2.52. The summed E-state index contributed by atoms with van der Waals surface area (Å²) < 4.78 is 4.56. The Labute approximate surface area is 128 Å². The number of non-ortho nitro benzene ring substituents is 1. The normalized spacial score (nSPS) is 10.7. The highest BCUT2D eigenvalue weighted by atomic mass is 16.6. The molecule has 23 heavy (non-hydrogen) atoms. The molecule has 10 heteroatoms. The molecule has 0 fully saturated rings. The summed E-state index contributed by atoms with van der Waals surface area (Å²) in [7, 11) is 0. The second kappa shape index (κ2) is 5.33. The van der Waals surface area contributed by atoms with E-state index in [0.717, 1.165) is 0 Å². The first-order chi connectivity index (χ1) is 11.0. The quantitative estimate of drug-likeness (QED) is 0.572. The van der Waals surface area contributed by atoms with Crippen LogP contribution in [0.3, 0.4) is 0 Å². The van der Waals surface area contributed by atoms with Crippen LogP contribution in [-0.4, -0.2) is 20.2 Å². The van der Waals surface area contributed by atoms with Crippen LogP contribution in [0.2, 0.25) is 0 Å². The lowest BCUT2D eigenvalue weighted by Crippen LogP contribution is -1.97. The van der Waals surface area contributed by atoms with E-state index in [1.54, 1.807) is 19.1 Å². The first-order valence-corrected chi connectivity index (χ1v) is 6.39. The molecule has 0 atom stereocenters. The molecule has 0 aliphatic heterocycles. The van der Waals surface area contributed by atoms with E-state index in [-0.39, 0.29) is 22.4 Å². The average Bonchev–Trinajstić information content (AvgIpc) is 2.98. The van der Waals surface area contributed by atoms with Gasteiger partial charge in [0, 0.05) is 23.4 Å². The molecule has 1 heterocycles. The van der Waals surface area contributed by atoms with Crippen molar-refractivity contribution < 1.29 is 14.5 Å². The standard InChI is InChI=1S/C13H9N5O5/c1-7-2-3-8(6-11(7)18(21)22)14-9-4-5-10(17(19)20)13-12(9)15-23-16-13/h2-6,14H,1H3. The fourth-order valence-corrected chi connectivity index (χ4v) is 2.14. The van der Waals surface area contributed by atoms with Crippen molar-refractivity contribution in [3.05, 3.63) is 56.1 Å². The Morgan fingerprint density at radius 3 is 2.39 bits per heavy atom. The number of anilines is 2. The van der Waals surface area contributed by atoms with Crippen LogP contribution >= 0.6 is 0 Å². The van der Waals surface area contributed by atoms with Crippen LogP contribution in [0.5, 0.6) is 0 Å². The van der Waals surface area contributed by atoms with Gasteiger partial charge in [-0.2, -0.15) is 0 Å². The molecule has 3 rings (SSSR count). The molecule has 0 amide bonds. The zero-order chi connectivity index (χ0) is 16.6. The summed E-state index contributed by atoms with van der Waals surface area (Å²) in [4.78, 5) is 20.9. The van der Waals surface area contributed by atoms with Gasteiger partial charge in [0.05, 0.1) is 15.5 Å². The first-order valence-electron chi connectivity index (χ1n) is 6.39. The number of hydrogen-bond donors (Lipinski definition) is 1. The van der Waals surface area contributed by atoms with Crippen LogP contribution < -0.4 is 5.32 Å². The fraction of sp³-hybridized carbons (Fsp3) is 0.0769. The summed E-state index contributed by atoms with van der Waals surface area (Å²) in [6, 6.07) is 7.33. The molecule has 0 spiro atoms. The van der Waals surface area contributed by atoms with Crippen LogP contribution in [0, 0.1) is 27.2 Å². The van der Waals surface area contributed by atoms with Crippen LogP contribution in [0.1, 0.15) is 5.56 Å². The van der Waals surface area contributed by atoms with Crippen molar-refractivity contribution in [3.8, 4) is 0 Å². The highest BCUT2D eigenvalue weighted by molar-refractivity contribution is 5.94. The highest BCUT2D eigenvalue weighted by Gasteiger charge is 2.20. The number of aryl methyl sites for hydroxylation is 1. The number of nitrogens with one attached hydrogen (secondary N) is 1. The smallest absolute Gasteiger partial charge is 0.300 e. The minimum absolute atomic E-state index is 0.00149. The van der Waals surface area contributed by atoms with Gasteiger partial charge in [0.2, 0.25) is 5.52 Å². The van der Waals surface area contributed by atoms with E-state index in [2.05, 4.69) is 20.3 Å². The Morgan fingerprint density at radius 1 is 1.00 bits per heavy atom. The van der Waals surface area contributed by atoms with Crippen LogP contribution in [0.4, 0.5) is 22.7 Å². The molecule has 2 aromatic carbocycles. The van der Waals surface area contributed by atoms with Gasteiger partial charge < -0.3 is 5.32 Å². The summed E-state index contributed by atoms with van der Waals surface area (Å²) in [6.07, 6.45) is 0. The van der Waals surface area contributed by atoms with Crippen molar-refractivity contribution in [2.45, 2.75) is 6.92 Å². The van der Waals surface area contributed by atoms with Crippen LogP contribution in [-0.2, 0) is 0 Å². The molecule has 116 valence electrons. The summed E-state index contributed by atoms with van der Waals surface area (Å²) >= 11 is 0. The topological polar surface area (TPSA) is 137 Å². The van der Waals surface area contributed by atoms with Crippen molar-refractivity contribution in [2.75, 3.05) is 5.32 Å². The number of nitro groups is 2. The molecule has 10 nitrogen and oxygen atoms in total. The Morgan fingerprint density at radius 2 is 1.70 bits per heavy atom. The van der Waals surface area contributed by atoms with Gasteiger partial charge in [-0.25, -0.2) is 4.63 Å². The second-order valence-electron chi connectivity index (χ2n) is 4.73. The molecule has 0 aliphatic carbocycles. The predicted octanol–water partition coefficient (Wildman–Crippen LogP) is 3.09. The lowest BCUT2D eigenvalue weighted by atomic mass is 10.1. The SMILES string of the molecule is Cc1ccc(Nc2ccc([N+](=O)[O-])c3nonc23)cc1[N+](=O)[O-]. The van der Waals surface area contributed by atoms with Crippen molar-refractivity contribution in [1.82, 2.24) is 10.3 Å². The Hall–Kier alpha value is -3.56. The number of hydrogen-bond acceptors (Lipinski definition) is 8. The van der Waals surface area contributed by atoms with E-state index < -0.39 is 9.85 Å². The van der Waals surface area contributed by atoms with E-state index in [9.17, 15) is 20.2 Å². The lowest BCUT2D eigenvalue weighted by Gasteiger charge is -2.07. The third-order valence-electron chi connectivity index (χ3n) is 3.28. The monoisotopic (exact) mass is 315 g/mol. The van der Waals surface area contributed by atoms with Gasteiger partial charge in [0.25, 0.3) is 5.69 Å². The van der Waals surface area contributed by atoms with E-state index >= 15 is 0 Å². The van der Waals surface area contributed by atoms with Gasteiger partial charge >= 0.3 is 5.69 Å². The molecule has 1 N–H and O–H groups in total. The lowest BCUT2D eigenvalue weighted by molar-refractivity contribution is -0.385. The molecule has 0 saturated carbocycles. The van der Waals surface area contributed by atoms with Crippen LogP contribution in [0.25, 0.3) is 11.0 Å². The molecule has 0 bridgehead atoms. The maximum Gasteiger partial charge on any atom is 0.300 e. The molecule has 0 unspecified atom stereocenters. The number of benzene rings is 2. The van der Waals surface area contributed by atoms with Gasteiger partial charge in [0.15, 0.2) is 5.52 Å². The largest absolute Gasteiger partial charge is 0.353 e. The second-order valence-corrected chi connectivity index (χ2v) is 4.73. The van der Waals surface area contributed by atoms with Gasteiger partial charge in [-0.1, -0.05) is 6.07 Å². The van der Waals surface area contributed by atoms with E-state index in [1.165, 1.54) is 18.2 Å². The zero-order valence-electron chi connectivity index (χ0n) is 11.7. The zero-order valence-corrected chi connectivity index (χ0v) is 11.7. The Kier molecular flexibility index (Phi) is 3.33. The summed E-state index contributed by atoms with van der Waals surface area (Å²) in [5.41, 5.74) is 1.26. The first kappa shape index (κ1) is 14.4.